The van der Waals surface area contributed by atoms with Crippen LogP contribution in [0.25, 0.3) is 0 Å². The van der Waals surface area contributed by atoms with Crippen LogP contribution in [-0.4, -0.2) is 53.0 Å². The second kappa shape index (κ2) is 6.22. The van der Waals surface area contributed by atoms with Gasteiger partial charge in [0, 0.05) is 21.3 Å². The summed E-state index contributed by atoms with van der Waals surface area (Å²) in [6.07, 6.45) is 0. The monoisotopic (exact) mass is 272 g/mol. The van der Waals surface area contributed by atoms with E-state index in [4.69, 9.17) is 21.5 Å². The molecule has 0 aliphatic carbocycles. The van der Waals surface area contributed by atoms with Crippen LogP contribution in [0.15, 0.2) is 0 Å². The summed E-state index contributed by atoms with van der Waals surface area (Å²) < 4.78 is 26.2. The van der Waals surface area contributed by atoms with Gasteiger partial charge in [0.25, 0.3) is 0 Å². The van der Waals surface area contributed by atoms with E-state index in [1.54, 1.807) is 19.6 Å². The maximum Gasteiger partial charge on any atom is 0.669 e. The topological polar surface area (TPSA) is 66.4 Å². The molecule has 0 aliphatic heterocycles. The maximum atomic E-state index is 9.57. The average molecular weight is 272 g/mol. The van der Waals surface area contributed by atoms with Gasteiger partial charge in [-0.25, -0.2) is 0 Å². The van der Waals surface area contributed by atoms with Gasteiger partial charge in [-0.2, -0.15) is 0 Å². The lowest BCUT2D eigenvalue weighted by Gasteiger charge is -2.28. The van der Waals surface area contributed by atoms with Gasteiger partial charge in [-0.3, -0.25) is 0 Å². The Morgan fingerprint density at radius 1 is 0.933 bits per heavy atom. The van der Waals surface area contributed by atoms with Crippen molar-refractivity contribution in [3.63, 3.8) is 0 Å². The van der Waals surface area contributed by atoms with Crippen LogP contribution in [-0.2, 0) is 21.5 Å². The molecule has 0 spiro atoms. The zero-order chi connectivity index (χ0) is 12.1. The van der Waals surface area contributed by atoms with Gasteiger partial charge in [-0.05, 0) is 19.6 Å². The molecule has 0 aromatic rings. The van der Waals surface area contributed by atoms with Crippen LogP contribution in [0.3, 0.4) is 0 Å². The van der Waals surface area contributed by atoms with Crippen molar-refractivity contribution in [1.29, 1.82) is 0 Å². The Balaban J connectivity index is 4.29. The van der Waals surface area contributed by atoms with Crippen LogP contribution < -0.4 is 0 Å². The van der Waals surface area contributed by atoms with Crippen molar-refractivity contribution in [3.05, 3.63) is 0 Å². The number of hydrogen-bond acceptors (Lipinski definition) is 6. The van der Waals surface area contributed by atoms with E-state index in [1.807, 2.05) is 0 Å². The van der Waals surface area contributed by atoms with Crippen molar-refractivity contribution in [2.75, 3.05) is 21.3 Å². The summed E-state index contributed by atoms with van der Waals surface area (Å²) in [5.41, 5.74) is 0. The minimum atomic E-state index is -3.03. The zero-order valence-corrected chi connectivity index (χ0v) is 13.2. The van der Waals surface area contributed by atoms with Gasteiger partial charge in [-0.15, -0.1) is 0 Å². The standard InChI is InChI=1S/C6H20O6Si3/c1-8-15(9-2,10-3)12-13(4)11-14(5,6)7/h7,13H,1-6H3. The van der Waals surface area contributed by atoms with Crippen LogP contribution in [0.4, 0.5) is 0 Å². The predicted molar refractivity (Wildman–Crippen MR) is 61.7 cm³/mol. The third kappa shape index (κ3) is 5.89. The quantitative estimate of drug-likeness (QED) is 0.655. The summed E-state index contributed by atoms with van der Waals surface area (Å²) in [6, 6.07) is 0. The Morgan fingerprint density at radius 3 is 1.60 bits per heavy atom. The van der Waals surface area contributed by atoms with Crippen molar-refractivity contribution in [2.24, 2.45) is 0 Å². The fourth-order valence-electron chi connectivity index (χ4n) is 1.03. The molecule has 0 fully saturated rings. The van der Waals surface area contributed by atoms with Crippen LogP contribution >= 0.6 is 0 Å². The van der Waals surface area contributed by atoms with E-state index < -0.39 is 26.9 Å². The fourth-order valence-corrected chi connectivity index (χ4v) is 8.18. The van der Waals surface area contributed by atoms with Crippen molar-refractivity contribution in [3.8, 4) is 0 Å². The molecule has 15 heavy (non-hydrogen) atoms. The van der Waals surface area contributed by atoms with E-state index in [0.717, 1.165) is 0 Å². The second-order valence-electron chi connectivity index (χ2n) is 3.36. The van der Waals surface area contributed by atoms with Crippen molar-refractivity contribution in [2.45, 2.75) is 19.6 Å². The minimum absolute atomic E-state index is 1.46. The second-order valence-corrected chi connectivity index (χ2v) is 11.5. The van der Waals surface area contributed by atoms with Crippen LogP contribution in [0, 0.1) is 0 Å². The molecular formula is C6H20O6Si3. The minimum Gasteiger partial charge on any atom is -0.418 e. The molecule has 0 aliphatic rings. The van der Waals surface area contributed by atoms with Gasteiger partial charge in [0.1, 0.15) is 0 Å². The SMILES string of the molecule is CO[Si](OC)(OC)O[SiH](C)O[Si](C)(C)O. The fraction of sp³-hybridized carbons (Fsp3) is 1.00. The zero-order valence-electron chi connectivity index (χ0n) is 10.1. The van der Waals surface area contributed by atoms with E-state index in [2.05, 4.69) is 0 Å². The van der Waals surface area contributed by atoms with E-state index in [0.29, 0.717) is 0 Å². The highest BCUT2D eigenvalue weighted by molar-refractivity contribution is 6.73. The third-order valence-electron chi connectivity index (χ3n) is 1.51. The van der Waals surface area contributed by atoms with Crippen LogP contribution in [0.5, 0.6) is 0 Å². The van der Waals surface area contributed by atoms with Gasteiger partial charge >= 0.3 is 26.9 Å². The highest BCUT2D eigenvalue weighted by Gasteiger charge is 2.45. The lowest BCUT2D eigenvalue weighted by atomic mass is 11.8. The first-order chi connectivity index (χ1) is 6.78. The molecule has 0 rings (SSSR count). The molecule has 0 radical (unpaired) electrons. The van der Waals surface area contributed by atoms with Gasteiger partial charge in [-0.1, -0.05) is 0 Å². The molecule has 0 amide bonds. The molecule has 1 unspecified atom stereocenters. The average Bonchev–Trinajstić information content (AvgIpc) is 2.11. The summed E-state index contributed by atoms with van der Waals surface area (Å²) >= 11 is 0. The summed E-state index contributed by atoms with van der Waals surface area (Å²) in [5.74, 6) is 0. The first-order valence-corrected chi connectivity index (χ1v) is 11.1. The molecule has 1 N–H and O–H groups in total. The molecule has 0 aromatic heterocycles. The van der Waals surface area contributed by atoms with Gasteiger partial charge < -0.3 is 26.3 Å². The van der Waals surface area contributed by atoms with E-state index >= 15 is 0 Å². The summed E-state index contributed by atoms with van der Waals surface area (Å²) in [4.78, 5) is 9.57. The third-order valence-corrected chi connectivity index (χ3v) is 9.13. The Bertz CT molecular complexity index is 172. The molecule has 0 saturated carbocycles. The summed E-state index contributed by atoms with van der Waals surface area (Å²) in [6.45, 7) is 5.15. The molecule has 1 atom stereocenters. The Kier molecular flexibility index (Phi) is 6.39. The first-order valence-electron chi connectivity index (χ1n) is 4.52. The predicted octanol–water partition coefficient (Wildman–Crippen LogP) is -0.0612. The summed E-state index contributed by atoms with van der Waals surface area (Å²) in [7, 11) is -3.22. The Morgan fingerprint density at radius 2 is 1.33 bits per heavy atom. The Labute approximate surface area is 94.7 Å². The molecule has 92 valence electrons. The van der Waals surface area contributed by atoms with Crippen molar-refractivity contribution < 1.29 is 26.3 Å². The van der Waals surface area contributed by atoms with Gasteiger partial charge in [0.2, 0.25) is 0 Å². The van der Waals surface area contributed by atoms with E-state index in [1.165, 1.54) is 21.3 Å². The van der Waals surface area contributed by atoms with Crippen molar-refractivity contribution in [1.82, 2.24) is 0 Å². The normalized spacial score (nSPS) is 15.4. The lowest BCUT2D eigenvalue weighted by molar-refractivity contribution is 0.0442. The summed E-state index contributed by atoms with van der Waals surface area (Å²) in [5, 5.41) is 0. The maximum absolute atomic E-state index is 9.57. The number of rotatable bonds is 7. The molecule has 0 heterocycles. The van der Waals surface area contributed by atoms with Crippen molar-refractivity contribution >= 4 is 26.9 Å². The molecule has 0 saturated heterocycles. The van der Waals surface area contributed by atoms with E-state index in [9.17, 15) is 4.80 Å². The smallest absolute Gasteiger partial charge is 0.418 e. The van der Waals surface area contributed by atoms with Crippen LogP contribution in [0.1, 0.15) is 0 Å². The van der Waals surface area contributed by atoms with Gasteiger partial charge in [0.15, 0.2) is 0 Å². The highest BCUT2D eigenvalue weighted by Crippen LogP contribution is 2.12. The Hall–Kier alpha value is 0.411. The molecule has 6 nitrogen and oxygen atoms in total. The van der Waals surface area contributed by atoms with Gasteiger partial charge in [0.05, 0.1) is 0 Å². The molecule has 0 bridgehead atoms. The highest BCUT2D eigenvalue weighted by atomic mass is 28.5. The lowest BCUT2D eigenvalue weighted by Crippen LogP contribution is -2.52. The molecular weight excluding hydrogens is 252 g/mol. The largest absolute Gasteiger partial charge is 0.669 e. The number of hydrogen-bond donors (Lipinski definition) is 1. The first kappa shape index (κ1) is 15.4. The van der Waals surface area contributed by atoms with E-state index in [-0.39, 0.29) is 0 Å². The molecule has 0 aromatic carbocycles. The molecule has 9 heteroatoms. The van der Waals surface area contributed by atoms with Crippen LogP contribution in [0.2, 0.25) is 19.6 Å².